The maximum atomic E-state index is 11.4. The van der Waals surface area contributed by atoms with Crippen LogP contribution in [0.2, 0.25) is 0 Å². The van der Waals surface area contributed by atoms with Gasteiger partial charge in [0.15, 0.2) is 12.2 Å². The van der Waals surface area contributed by atoms with Gasteiger partial charge in [0.05, 0.1) is 4.92 Å². The van der Waals surface area contributed by atoms with Crippen molar-refractivity contribution in [2.24, 2.45) is 0 Å². The van der Waals surface area contributed by atoms with E-state index in [0.29, 0.717) is 6.54 Å². The van der Waals surface area contributed by atoms with Crippen molar-refractivity contribution in [1.82, 2.24) is 5.32 Å². The molecule has 8 nitrogen and oxygen atoms in total. The molecule has 0 aliphatic carbocycles. The lowest BCUT2D eigenvalue weighted by molar-refractivity contribution is -0.385. The van der Waals surface area contributed by atoms with Crippen molar-refractivity contribution >= 4 is 17.6 Å². The van der Waals surface area contributed by atoms with Gasteiger partial charge in [-0.1, -0.05) is 13.0 Å². The molecule has 1 aromatic rings. The fraction of sp³-hybridized carbons (Fsp3) is 0.333. The van der Waals surface area contributed by atoms with E-state index >= 15 is 0 Å². The topological polar surface area (TPSA) is 119 Å². The van der Waals surface area contributed by atoms with E-state index in [4.69, 9.17) is 9.84 Å². The first kappa shape index (κ1) is 15.4. The van der Waals surface area contributed by atoms with E-state index in [1.807, 2.05) is 6.92 Å². The zero-order valence-corrected chi connectivity index (χ0v) is 10.8. The predicted octanol–water partition coefficient (Wildman–Crippen LogP) is 1.20. The fourth-order valence-electron chi connectivity index (χ4n) is 1.47. The van der Waals surface area contributed by atoms with Gasteiger partial charge >= 0.3 is 5.97 Å². The number of nitrogens with zero attached hydrogens (tertiary/aromatic N) is 1. The first-order valence-corrected chi connectivity index (χ1v) is 5.87. The van der Waals surface area contributed by atoms with Gasteiger partial charge in [0.2, 0.25) is 0 Å². The van der Waals surface area contributed by atoms with E-state index in [1.165, 1.54) is 12.1 Å². The number of carboxylic acid groups (broad SMARTS) is 1. The molecule has 0 fully saturated rings. The first-order chi connectivity index (χ1) is 9.47. The largest absolute Gasteiger partial charge is 0.483 e. The minimum absolute atomic E-state index is 0.210. The number of nitrogens with one attached hydrogen (secondary N) is 1. The molecule has 0 aliphatic rings. The summed E-state index contributed by atoms with van der Waals surface area (Å²) >= 11 is 0. The van der Waals surface area contributed by atoms with E-state index in [0.717, 1.165) is 12.5 Å². The van der Waals surface area contributed by atoms with Crippen LogP contribution >= 0.6 is 0 Å². The molecule has 0 radical (unpaired) electrons. The van der Waals surface area contributed by atoms with Gasteiger partial charge in [-0.25, -0.2) is 4.79 Å². The van der Waals surface area contributed by atoms with Crippen LogP contribution in [0.1, 0.15) is 23.7 Å². The average molecular weight is 282 g/mol. The summed E-state index contributed by atoms with van der Waals surface area (Å²) in [6.07, 6.45) is 0.753. The number of carboxylic acids is 1. The molecule has 8 heteroatoms. The van der Waals surface area contributed by atoms with Gasteiger partial charge in [0.25, 0.3) is 11.6 Å². The van der Waals surface area contributed by atoms with Crippen LogP contribution in [0.4, 0.5) is 5.69 Å². The molecule has 0 bridgehead atoms. The zero-order chi connectivity index (χ0) is 15.1. The summed E-state index contributed by atoms with van der Waals surface area (Å²) in [6, 6.07) is 3.63. The Balaban J connectivity index is 2.90. The smallest absolute Gasteiger partial charge is 0.346 e. The summed E-state index contributed by atoms with van der Waals surface area (Å²) in [5, 5.41) is 22.3. The minimum Gasteiger partial charge on any atom is -0.483 e. The number of hydrogen-bond acceptors (Lipinski definition) is 5. The summed E-state index contributed by atoms with van der Waals surface area (Å²) in [5.41, 5.74) is -1.15. The molecule has 1 rings (SSSR count). The molecule has 2 N–H and O–H groups in total. The van der Waals surface area contributed by atoms with Crippen molar-refractivity contribution in [3.63, 3.8) is 0 Å². The third kappa shape index (κ3) is 3.94. The van der Waals surface area contributed by atoms with Crippen molar-refractivity contribution < 1.29 is 24.4 Å². The fourth-order valence-corrected chi connectivity index (χ4v) is 1.47. The molecule has 1 amide bonds. The lowest BCUT2D eigenvalue weighted by atomic mass is 10.1. The number of carbonyl (C=O) groups is 2. The number of ether oxygens (including phenoxy) is 1. The Kier molecular flexibility index (Phi) is 5.45. The number of rotatable bonds is 7. The van der Waals surface area contributed by atoms with Crippen molar-refractivity contribution in [1.29, 1.82) is 0 Å². The standard InChI is InChI=1S/C12H14N2O6/c1-2-6-13-10(15)7-20-9-5-3-4-8(14(18)19)11(9)12(16)17/h3-5H,2,6-7H2,1H3,(H,13,15)(H,16,17). The normalized spacial score (nSPS) is 9.85. The van der Waals surface area contributed by atoms with Gasteiger partial charge in [-0.05, 0) is 12.5 Å². The summed E-state index contributed by atoms with van der Waals surface area (Å²) < 4.78 is 5.05. The van der Waals surface area contributed by atoms with Gasteiger partial charge in [-0.2, -0.15) is 0 Å². The Morgan fingerprint density at radius 3 is 2.70 bits per heavy atom. The van der Waals surface area contributed by atoms with Crippen LogP contribution in [0, 0.1) is 10.1 Å². The SMILES string of the molecule is CCCNC(=O)COc1cccc([N+](=O)[O-])c1C(=O)O. The highest BCUT2D eigenvalue weighted by molar-refractivity contribution is 5.95. The van der Waals surface area contributed by atoms with Crippen LogP contribution in [0.3, 0.4) is 0 Å². The summed E-state index contributed by atoms with van der Waals surface area (Å²) in [5.74, 6) is -2.12. The molecule has 0 heterocycles. The molecule has 1 aromatic carbocycles. The van der Waals surface area contributed by atoms with Crippen LogP contribution < -0.4 is 10.1 Å². The predicted molar refractivity (Wildman–Crippen MR) is 68.9 cm³/mol. The summed E-state index contributed by atoms with van der Waals surface area (Å²) in [7, 11) is 0. The maximum Gasteiger partial charge on any atom is 0.346 e. The Morgan fingerprint density at radius 2 is 2.15 bits per heavy atom. The minimum atomic E-state index is -1.48. The number of carbonyl (C=O) groups excluding carboxylic acids is 1. The second-order valence-electron chi connectivity index (χ2n) is 3.85. The lowest BCUT2D eigenvalue weighted by Crippen LogP contribution is -2.29. The monoisotopic (exact) mass is 282 g/mol. The molecule has 0 unspecified atom stereocenters. The van der Waals surface area contributed by atoms with Crippen molar-refractivity contribution in [2.45, 2.75) is 13.3 Å². The molecule has 20 heavy (non-hydrogen) atoms. The van der Waals surface area contributed by atoms with E-state index in [9.17, 15) is 19.7 Å². The first-order valence-electron chi connectivity index (χ1n) is 5.87. The van der Waals surface area contributed by atoms with Crippen LogP contribution in [0.5, 0.6) is 5.75 Å². The number of hydrogen-bond donors (Lipinski definition) is 2. The number of nitro benzene ring substituents is 1. The van der Waals surface area contributed by atoms with E-state index in [1.54, 1.807) is 0 Å². The van der Waals surface area contributed by atoms with Crippen molar-refractivity contribution in [2.75, 3.05) is 13.2 Å². The quantitative estimate of drug-likeness (QED) is 0.573. The Bertz CT molecular complexity index is 529. The van der Waals surface area contributed by atoms with Crippen LogP contribution in [0.15, 0.2) is 18.2 Å². The lowest BCUT2D eigenvalue weighted by Gasteiger charge is -2.09. The number of amides is 1. The Labute approximate surface area is 114 Å². The van der Waals surface area contributed by atoms with Crippen LogP contribution in [0.25, 0.3) is 0 Å². The summed E-state index contributed by atoms with van der Waals surface area (Å²) in [4.78, 5) is 32.4. The number of benzene rings is 1. The molecule has 0 aliphatic heterocycles. The highest BCUT2D eigenvalue weighted by Gasteiger charge is 2.24. The van der Waals surface area contributed by atoms with E-state index in [2.05, 4.69) is 5.32 Å². The second kappa shape index (κ2) is 7.07. The van der Waals surface area contributed by atoms with Crippen LogP contribution in [-0.4, -0.2) is 35.1 Å². The van der Waals surface area contributed by atoms with Gasteiger partial charge in [0.1, 0.15) is 5.75 Å². The van der Waals surface area contributed by atoms with Gasteiger partial charge in [-0.15, -0.1) is 0 Å². The van der Waals surface area contributed by atoms with Gasteiger partial charge in [-0.3, -0.25) is 14.9 Å². The van der Waals surface area contributed by atoms with Crippen molar-refractivity contribution in [3.8, 4) is 5.75 Å². The molecule has 0 atom stereocenters. The molecule has 108 valence electrons. The van der Waals surface area contributed by atoms with Crippen molar-refractivity contribution in [3.05, 3.63) is 33.9 Å². The van der Waals surface area contributed by atoms with Gasteiger partial charge in [0, 0.05) is 12.6 Å². The third-order valence-electron chi connectivity index (χ3n) is 2.35. The van der Waals surface area contributed by atoms with E-state index in [-0.39, 0.29) is 5.75 Å². The Hall–Kier alpha value is -2.64. The molecule has 0 saturated carbocycles. The highest BCUT2D eigenvalue weighted by atomic mass is 16.6. The zero-order valence-electron chi connectivity index (χ0n) is 10.8. The second-order valence-corrected chi connectivity index (χ2v) is 3.85. The maximum absolute atomic E-state index is 11.4. The molecular weight excluding hydrogens is 268 g/mol. The molecular formula is C12H14N2O6. The molecule has 0 aromatic heterocycles. The third-order valence-corrected chi connectivity index (χ3v) is 2.35. The van der Waals surface area contributed by atoms with Crippen LogP contribution in [-0.2, 0) is 4.79 Å². The molecule has 0 saturated heterocycles. The van der Waals surface area contributed by atoms with Gasteiger partial charge < -0.3 is 15.2 Å². The Morgan fingerprint density at radius 1 is 1.45 bits per heavy atom. The molecule has 0 spiro atoms. The number of aromatic carboxylic acids is 1. The average Bonchev–Trinajstić information content (AvgIpc) is 2.41. The van der Waals surface area contributed by atoms with E-state index < -0.39 is 34.7 Å². The highest BCUT2D eigenvalue weighted by Crippen LogP contribution is 2.28. The summed E-state index contributed by atoms with van der Waals surface area (Å²) in [6.45, 7) is 1.95. The number of nitro groups is 1.